The fourth-order valence-electron chi connectivity index (χ4n) is 2.81. The highest BCUT2D eigenvalue weighted by Crippen LogP contribution is 2.28. The van der Waals surface area contributed by atoms with E-state index in [1.165, 1.54) is 11.6 Å². The predicted octanol–water partition coefficient (Wildman–Crippen LogP) is 1.16. The van der Waals surface area contributed by atoms with E-state index in [1.807, 2.05) is 24.3 Å². The van der Waals surface area contributed by atoms with E-state index >= 15 is 0 Å². The highest BCUT2D eigenvalue weighted by Gasteiger charge is 2.15. The summed E-state index contributed by atoms with van der Waals surface area (Å²) in [6.07, 6.45) is 3.64. The van der Waals surface area contributed by atoms with Gasteiger partial charge in [-0.2, -0.15) is 0 Å². The van der Waals surface area contributed by atoms with Crippen LogP contribution in [0.1, 0.15) is 11.4 Å². The molecule has 0 fully saturated rings. The molecule has 1 aromatic carbocycles. The Morgan fingerprint density at radius 2 is 1.62 bits per heavy atom. The van der Waals surface area contributed by atoms with Gasteiger partial charge in [0.15, 0.2) is 22.7 Å². The minimum Gasteiger partial charge on any atom is -0.493 e. The maximum Gasteiger partial charge on any atom is 0.332 e. The molecule has 0 bridgehead atoms. The summed E-state index contributed by atoms with van der Waals surface area (Å²) >= 11 is 0. The second kappa shape index (κ2) is 6.55. The molecule has 0 unspecified atom stereocenters. The monoisotopic (exact) mass is 356 g/mol. The number of ether oxygens (including phenoxy) is 2. The molecule has 0 spiro atoms. The summed E-state index contributed by atoms with van der Waals surface area (Å²) in [6, 6.07) is 5.54. The molecule has 8 heteroatoms. The van der Waals surface area contributed by atoms with Gasteiger partial charge in [0.05, 0.1) is 14.2 Å². The largest absolute Gasteiger partial charge is 0.493 e. The van der Waals surface area contributed by atoms with Crippen molar-refractivity contribution in [2.45, 2.75) is 0 Å². The highest BCUT2D eigenvalue weighted by molar-refractivity contribution is 5.76. The first kappa shape index (κ1) is 17.5. The maximum absolute atomic E-state index is 12.4. The molecule has 26 heavy (non-hydrogen) atoms. The van der Waals surface area contributed by atoms with Gasteiger partial charge in [-0.1, -0.05) is 12.1 Å². The zero-order valence-electron chi connectivity index (χ0n) is 15.3. The number of methoxy groups -OCH3 is 2. The second-order valence-electron chi connectivity index (χ2n) is 5.85. The minimum absolute atomic E-state index is 0.354. The van der Waals surface area contributed by atoms with Gasteiger partial charge in [-0.3, -0.25) is 13.9 Å². The van der Waals surface area contributed by atoms with E-state index in [2.05, 4.69) is 4.98 Å². The smallest absolute Gasteiger partial charge is 0.332 e. The molecule has 0 aliphatic carbocycles. The topological polar surface area (TPSA) is 80.3 Å². The molecule has 3 aromatic rings. The summed E-state index contributed by atoms with van der Waals surface area (Å²) in [7, 11) is 7.95. The highest BCUT2D eigenvalue weighted by atomic mass is 16.5. The summed E-state index contributed by atoms with van der Waals surface area (Å²) in [5.41, 5.74) is 0.838. The average Bonchev–Trinajstić information content (AvgIpc) is 2.99. The van der Waals surface area contributed by atoms with Gasteiger partial charge >= 0.3 is 5.69 Å². The van der Waals surface area contributed by atoms with Crippen molar-refractivity contribution in [1.82, 2.24) is 18.7 Å². The number of imidazole rings is 1. The number of aryl methyl sites for hydroxylation is 2. The van der Waals surface area contributed by atoms with Crippen LogP contribution in [0.5, 0.6) is 11.5 Å². The Balaban J connectivity index is 2.10. The lowest BCUT2D eigenvalue weighted by Gasteiger charge is -2.07. The summed E-state index contributed by atoms with van der Waals surface area (Å²) in [6.45, 7) is 0. The van der Waals surface area contributed by atoms with Crippen LogP contribution in [-0.4, -0.2) is 32.9 Å². The van der Waals surface area contributed by atoms with E-state index in [0.717, 1.165) is 10.1 Å². The molecule has 0 N–H and O–H groups in total. The molecule has 3 rings (SSSR count). The number of benzene rings is 1. The molecule has 2 aromatic heterocycles. The standard InChI is InChI=1S/C18H20N4O4/c1-20-14(9-7-11-6-8-12(25-4)13(10-11)26-5)19-16-15(20)17(23)22(3)18(24)21(16)2/h6-10H,1-5H3. The number of nitrogens with zero attached hydrogens (tertiary/aromatic N) is 4. The molecular weight excluding hydrogens is 336 g/mol. The quantitative estimate of drug-likeness (QED) is 0.701. The van der Waals surface area contributed by atoms with Crippen molar-refractivity contribution in [3.05, 3.63) is 50.4 Å². The number of hydrogen-bond donors (Lipinski definition) is 0. The van der Waals surface area contributed by atoms with Crippen LogP contribution < -0.4 is 20.7 Å². The third kappa shape index (κ3) is 2.69. The second-order valence-corrected chi connectivity index (χ2v) is 5.85. The molecule has 0 aliphatic heterocycles. The van der Waals surface area contributed by atoms with Crippen molar-refractivity contribution in [2.75, 3.05) is 14.2 Å². The number of hydrogen-bond acceptors (Lipinski definition) is 5. The lowest BCUT2D eigenvalue weighted by Crippen LogP contribution is -2.37. The van der Waals surface area contributed by atoms with E-state index < -0.39 is 5.69 Å². The first-order chi connectivity index (χ1) is 12.4. The number of fused-ring (bicyclic) bond motifs is 1. The van der Waals surface area contributed by atoms with Gasteiger partial charge in [-0.15, -0.1) is 0 Å². The third-order valence-electron chi connectivity index (χ3n) is 4.34. The summed E-state index contributed by atoms with van der Waals surface area (Å²) < 4.78 is 14.6. The Kier molecular flexibility index (Phi) is 4.41. The van der Waals surface area contributed by atoms with Crippen LogP contribution in [0.15, 0.2) is 27.8 Å². The van der Waals surface area contributed by atoms with Crippen molar-refractivity contribution in [3.8, 4) is 11.5 Å². The van der Waals surface area contributed by atoms with Crippen LogP contribution in [-0.2, 0) is 21.1 Å². The first-order valence-electron chi connectivity index (χ1n) is 7.91. The SMILES string of the molecule is COc1ccc(C=Cc2nc3c(c(=O)n(C)c(=O)n3C)n2C)cc1OC. The average molecular weight is 356 g/mol. The van der Waals surface area contributed by atoms with E-state index in [9.17, 15) is 9.59 Å². The van der Waals surface area contributed by atoms with E-state index in [1.54, 1.807) is 39.0 Å². The minimum atomic E-state index is -0.406. The van der Waals surface area contributed by atoms with Gasteiger partial charge in [0.25, 0.3) is 5.56 Å². The first-order valence-corrected chi connectivity index (χ1v) is 7.91. The van der Waals surface area contributed by atoms with Crippen LogP contribution in [0.4, 0.5) is 0 Å². The number of rotatable bonds is 4. The van der Waals surface area contributed by atoms with Gasteiger partial charge in [0.2, 0.25) is 0 Å². The fourth-order valence-corrected chi connectivity index (χ4v) is 2.81. The molecule has 0 amide bonds. The Bertz CT molecular complexity index is 1130. The lowest BCUT2D eigenvalue weighted by atomic mass is 10.2. The van der Waals surface area contributed by atoms with Gasteiger partial charge < -0.3 is 14.0 Å². The van der Waals surface area contributed by atoms with E-state index in [4.69, 9.17) is 9.47 Å². The van der Waals surface area contributed by atoms with Gasteiger partial charge in [-0.25, -0.2) is 9.78 Å². The number of aromatic nitrogens is 4. The predicted molar refractivity (Wildman–Crippen MR) is 99.7 cm³/mol. The maximum atomic E-state index is 12.4. The normalized spacial score (nSPS) is 11.4. The molecule has 0 atom stereocenters. The summed E-state index contributed by atoms with van der Waals surface area (Å²) in [4.78, 5) is 28.9. The molecular formula is C18H20N4O4. The van der Waals surface area contributed by atoms with E-state index in [-0.39, 0.29) is 5.56 Å². The Labute approximate surface area is 149 Å². The molecule has 0 aliphatic rings. The van der Waals surface area contributed by atoms with Crippen LogP contribution in [0, 0.1) is 0 Å². The van der Waals surface area contributed by atoms with Gasteiger partial charge in [0.1, 0.15) is 5.82 Å². The third-order valence-corrected chi connectivity index (χ3v) is 4.34. The zero-order chi connectivity index (χ0) is 19.0. The van der Waals surface area contributed by atoms with Gasteiger partial charge in [0, 0.05) is 21.1 Å². The van der Waals surface area contributed by atoms with Crippen molar-refractivity contribution >= 4 is 23.3 Å². The molecule has 0 saturated heterocycles. The van der Waals surface area contributed by atoms with Crippen molar-refractivity contribution in [3.63, 3.8) is 0 Å². The molecule has 0 saturated carbocycles. The van der Waals surface area contributed by atoms with Crippen LogP contribution in [0.3, 0.4) is 0 Å². The van der Waals surface area contributed by atoms with Crippen LogP contribution in [0.25, 0.3) is 23.3 Å². The Morgan fingerprint density at radius 1 is 0.923 bits per heavy atom. The summed E-state index contributed by atoms with van der Waals surface area (Å²) in [5, 5.41) is 0. The molecule has 2 heterocycles. The Hall–Kier alpha value is -3.29. The van der Waals surface area contributed by atoms with Gasteiger partial charge in [-0.05, 0) is 23.8 Å². The van der Waals surface area contributed by atoms with Crippen molar-refractivity contribution < 1.29 is 9.47 Å². The fraction of sp³-hybridized carbons (Fsp3) is 0.278. The Morgan fingerprint density at radius 3 is 2.27 bits per heavy atom. The molecule has 8 nitrogen and oxygen atoms in total. The molecule has 136 valence electrons. The van der Waals surface area contributed by atoms with Crippen molar-refractivity contribution in [1.29, 1.82) is 0 Å². The summed E-state index contributed by atoms with van der Waals surface area (Å²) in [5.74, 6) is 1.83. The zero-order valence-corrected chi connectivity index (χ0v) is 15.3. The molecule has 0 radical (unpaired) electrons. The van der Waals surface area contributed by atoms with E-state index in [0.29, 0.717) is 28.5 Å². The van der Waals surface area contributed by atoms with Crippen LogP contribution >= 0.6 is 0 Å². The lowest BCUT2D eigenvalue weighted by molar-refractivity contribution is 0.355. The van der Waals surface area contributed by atoms with Crippen LogP contribution in [0.2, 0.25) is 0 Å². The van der Waals surface area contributed by atoms with Crippen molar-refractivity contribution in [2.24, 2.45) is 21.1 Å².